The number of rotatable bonds is 2. The van der Waals surface area contributed by atoms with Gasteiger partial charge in [0.25, 0.3) is 0 Å². The molecular formula is C12H11NOS. The molecule has 3 heteroatoms. The van der Waals surface area contributed by atoms with Crippen LogP contribution in [0.4, 0.5) is 5.69 Å². The summed E-state index contributed by atoms with van der Waals surface area (Å²) in [7, 11) is 0. The molecule has 76 valence electrons. The lowest BCUT2D eigenvalue weighted by atomic mass is 10.3. The fourth-order valence-electron chi connectivity index (χ4n) is 1.26. The first-order valence-electron chi connectivity index (χ1n) is 4.56. The minimum atomic E-state index is 0.689. The van der Waals surface area contributed by atoms with E-state index in [4.69, 9.17) is 10.5 Å². The van der Waals surface area contributed by atoms with Crippen LogP contribution in [0, 0.1) is 0 Å². The molecule has 2 nitrogen and oxygen atoms in total. The Bertz CT molecular complexity index is 427. The number of anilines is 1. The van der Waals surface area contributed by atoms with Crippen LogP contribution in [-0.2, 0) is 0 Å². The van der Waals surface area contributed by atoms with Gasteiger partial charge in [0.15, 0.2) is 0 Å². The van der Waals surface area contributed by atoms with Crippen molar-refractivity contribution in [3.8, 4) is 11.5 Å². The van der Waals surface area contributed by atoms with Crippen LogP contribution >= 0.6 is 12.6 Å². The fraction of sp³-hybridized carbons (Fsp3) is 0. The topological polar surface area (TPSA) is 35.2 Å². The van der Waals surface area contributed by atoms with Crippen LogP contribution in [0.1, 0.15) is 0 Å². The number of nitrogens with two attached hydrogens (primary N) is 1. The first-order chi connectivity index (χ1) is 7.24. The van der Waals surface area contributed by atoms with Crippen LogP contribution in [0.5, 0.6) is 11.5 Å². The van der Waals surface area contributed by atoms with Crippen molar-refractivity contribution < 1.29 is 4.74 Å². The van der Waals surface area contributed by atoms with E-state index in [0.717, 1.165) is 16.4 Å². The van der Waals surface area contributed by atoms with E-state index in [0.29, 0.717) is 5.69 Å². The van der Waals surface area contributed by atoms with Crippen molar-refractivity contribution >= 4 is 18.3 Å². The van der Waals surface area contributed by atoms with Crippen LogP contribution < -0.4 is 10.5 Å². The SMILES string of the molecule is Nc1cccc(Oc2cccc(S)c2)c1. The van der Waals surface area contributed by atoms with Crippen molar-refractivity contribution in [1.29, 1.82) is 0 Å². The van der Waals surface area contributed by atoms with E-state index in [1.54, 1.807) is 6.07 Å². The van der Waals surface area contributed by atoms with E-state index in [1.807, 2.05) is 42.5 Å². The van der Waals surface area contributed by atoms with Gasteiger partial charge in [0.2, 0.25) is 0 Å². The molecule has 2 aromatic rings. The summed E-state index contributed by atoms with van der Waals surface area (Å²) in [5.74, 6) is 1.49. The van der Waals surface area contributed by atoms with E-state index in [-0.39, 0.29) is 0 Å². The molecule has 0 spiro atoms. The van der Waals surface area contributed by atoms with E-state index in [9.17, 15) is 0 Å². The van der Waals surface area contributed by atoms with Crippen molar-refractivity contribution in [3.63, 3.8) is 0 Å². The summed E-state index contributed by atoms with van der Waals surface area (Å²) in [6.45, 7) is 0. The molecule has 0 bridgehead atoms. The summed E-state index contributed by atoms with van der Waals surface area (Å²) in [6.07, 6.45) is 0. The van der Waals surface area contributed by atoms with E-state index in [2.05, 4.69) is 12.6 Å². The Balaban J connectivity index is 2.22. The Morgan fingerprint density at radius 3 is 2.27 bits per heavy atom. The molecule has 0 fully saturated rings. The highest BCUT2D eigenvalue weighted by Gasteiger charge is 1.97. The van der Waals surface area contributed by atoms with Crippen molar-refractivity contribution in [2.75, 3.05) is 5.73 Å². The average molecular weight is 217 g/mol. The number of ether oxygens (including phenoxy) is 1. The second kappa shape index (κ2) is 4.28. The lowest BCUT2D eigenvalue weighted by Crippen LogP contribution is -1.87. The Hall–Kier alpha value is -1.61. The Morgan fingerprint density at radius 1 is 0.933 bits per heavy atom. The minimum Gasteiger partial charge on any atom is -0.457 e. The van der Waals surface area contributed by atoms with Gasteiger partial charge in [-0.05, 0) is 30.3 Å². The molecule has 15 heavy (non-hydrogen) atoms. The van der Waals surface area contributed by atoms with Crippen molar-refractivity contribution in [3.05, 3.63) is 48.5 Å². The summed E-state index contributed by atoms with van der Waals surface area (Å²) in [4.78, 5) is 0.872. The molecular weight excluding hydrogens is 206 g/mol. The molecule has 0 saturated carbocycles. The molecule has 2 aromatic carbocycles. The molecule has 0 saturated heterocycles. The van der Waals surface area contributed by atoms with Gasteiger partial charge in [-0.3, -0.25) is 0 Å². The lowest BCUT2D eigenvalue weighted by molar-refractivity contribution is 0.481. The smallest absolute Gasteiger partial charge is 0.129 e. The second-order valence-corrected chi connectivity index (χ2v) is 3.69. The predicted octanol–water partition coefficient (Wildman–Crippen LogP) is 3.35. The normalized spacial score (nSPS) is 9.93. The second-order valence-electron chi connectivity index (χ2n) is 3.17. The quantitative estimate of drug-likeness (QED) is 0.597. The van der Waals surface area contributed by atoms with Gasteiger partial charge in [-0.25, -0.2) is 0 Å². The molecule has 0 aromatic heterocycles. The number of nitrogen functional groups attached to an aromatic ring is 1. The van der Waals surface area contributed by atoms with Crippen LogP contribution in [-0.4, -0.2) is 0 Å². The van der Waals surface area contributed by atoms with Gasteiger partial charge in [-0.1, -0.05) is 12.1 Å². The summed E-state index contributed by atoms with van der Waals surface area (Å²) in [5, 5.41) is 0. The maximum absolute atomic E-state index is 5.65. The van der Waals surface area contributed by atoms with E-state index >= 15 is 0 Å². The molecule has 0 aliphatic rings. The number of hydrogen-bond acceptors (Lipinski definition) is 3. The van der Waals surface area contributed by atoms with Crippen LogP contribution in [0.2, 0.25) is 0 Å². The third-order valence-electron chi connectivity index (χ3n) is 1.91. The molecule has 0 aliphatic heterocycles. The zero-order valence-electron chi connectivity index (χ0n) is 8.05. The highest BCUT2D eigenvalue weighted by molar-refractivity contribution is 7.80. The molecule has 0 amide bonds. The molecule has 2 N–H and O–H groups in total. The van der Waals surface area contributed by atoms with Crippen LogP contribution in [0.15, 0.2) is 53.4 Å². The van der Waals surface area contributed by atoms with E-state index in [1.165, 1.54) is 0 Å². The van der Waals surface area contributed by atoms with Crippen molar-refractivity contribution in [2.24, 2.45) is 0 Å². The summed E-state index contributed by atoms with van der Waals surface area (Å²) in [5.41, 5.74) is 6.34. The minimum absolute atomic E-state index is 0.689. The van der Waals surface area contributed by atoms with Crippen LogP contribution in [0.25, 0.3) is 0 Å². The summed E-state index contributed by atoms with van der Waals surface area (Å²) < 4.78 is 5.61. The number of thiol groups is 1. The Morgan fingerprint density at radius 2 is 1.60 bits per heavy atom. The molecule has 0 atom stereocenters. The predicted molar refractivity (Wildman–Crippen MR) is 64.6 cm³/mol. The third-order valence-corrected chi connectivity index (χ3v) is 2.19. The molecule has 0 radical (unpaired) electrons. The Labute approximate surface area is 94.1 Å². The fourth-order valence-corrected chi connectivity index (χ4v) is 1.47. The molecule has 0 heterocycles. The summed E-state index contributed by atoms with van der Waals surface area (Å²) in [6, 6.07) is 14.8. The number of hydrogen-bond donors (Lipinski definition) is 2. The van der Waals surface area contributed by atoms with Gasteiger partial charge < -0.3 is 10.5 Å². The molecule has 0 aliphatic carbocycles. The Kier molecular flexibility index (Phi) is 2.83. The van der Waals surface area contributed by atoms with E-state index < -0.39 is 0 Å². The van der Waals surface area contributed by atoms with Gasteiger partial charge in [0.1, 0.15) is 11.5 Å². The maximum Gasteiger partial charge on any atom is 0.129 e. The zero-order chi connectivity index (χ0) is 10.7. The van der Waals surface area contributed by atoms with Gasteiger partial charge >= 0.3 is 0 Å². The zero-order valence-corrected chi connectivity index (χ0v) is 8.95. The highest BCUT2D eigenvalue weighted by atomic mass is 32.1. The highest BCUT2D eigenvalue weighted by Crippen LogP contribution is 2.24. The molecule has 2 rings (SSSR count). The van der Waals surface area contributed by atoms with Crippen molar-refractivity contribution in [1.82, 2.24) is 0 Å². The van der Waals surface area contributed by atoms with Gasteiger partial charge in [-0.15, -0.1) is 12.6 Å². The van der Waals surface area contributed by atoms with Gasteiger partial charge in [-0.2, -0.15) is 0 Å². The number of benzene rings is 2. The standard InChI is InChI=1S/C12H11NOS/c13-9-3-1-4-10(7-9)14-11-5-2-6-12(15)8-11/h1-8,15H,13H2. The first kappa shape index (κ1) is 9.93. The maximum atomic E-state index is 5.65. The largest absolute Gasteiger partial charge is 0.457 e. The summed E-state index contributed by atoms with van der Waals surface area (Å²) >= 11 is 4.24. The van der Waals surface area contributed by atoms with Crippen molar-refractivity contribution in [2.45, 2.75) is 4.90 Å². The lowest BCUT2D eigenvalue weighted by Gasteiger charge is -2.06. The average Bonchev–Trinajstić information content (AvgIpc) is 2.17. The van der Waals surface area contributed by atoms with Gasteiger partial charge in [0, 0.05) is 16.6 Å². The first-order valence-corrected chi connectivity index (χ1v) is 5.01. The van der Waals surface area contributed by atoms with Gasteiger partial charge in [0.05, 0.1) is 0 Å². The van der Waals surface area contributed by atoms with Crippen LogP contribution in [0.3, 0.4) is 0 Å². The third kappa shape index (κ3) is 2.67. The molecule has 0 unspecified atom stereocenters. The monoisotopic (exact) mass is 217 g/mol.